The number of halogens is 1. The lowest BCUT2D eigenvalue weighted by Crippen LogP contribution is -2.34. The molecule has 1 aliphatic rings. The predicted octanol–water partition coefficient (Wildman–Crippen LogP) is 4.01. The van der Waals surface area contributed by atoms with E-state index < -0.39 is 0 Å². The molecule has 1 fully saturated rings. The smallest absolute Gasteiger partial charge is 0.251 e. The van der Waals surface area contributed by atoms with Crippen LogP contribution in [0.25, 0.3) is 11.3 Å². The first-order valence-corrected chi connectivity index (χ1v) is 12.5. The van der Waals surface area contributed by atoms with Gasteiger partial charge in [0.25, 0.3) is 5.91 Å². The van der Waals surface area contributed by atoms with E-state index in [1.165, 1.54) is 6.08 Å². The molecule has 0 aliphatic heterocycles. The zero-order chi connectivity index (χ0) is 26.2. The molecule has 2 aromatic heterocycles. The molecule has 0 saturated heterocycles. The van der Waals surface area contributed by atoms with Crippen LogP contribution in [-0.4, -0.2) is 64.4 Å². The molecule has 2 heterocycles. The van der Waals surface area contributed by atoms with Crippen molar-refractivity contribution >= 4 is 35.1 Å². The Morgan fingerprint density at radius 3 is 2.62 bits per heavy atom. The van der Waals surface area contributed by atoms with Crippen molar-refractivity contribution in [3.8, 4) is 11.3 Å². The Bertz CT molecular complexity index is 1250. The molecule has 3 aromatic rings. The van der Waals surface area contributed by atoms with Crippen molar-refractivity contribution in [2.75, 3.05) is 31.3 Å². The van der Waals surface area contributed by atoms with E-state index in [-0.39, 0.29) is 23.9 Å². The molecule has 1 saturated carbocycles. The van der Waals surface area contributed by atoms with E-state index in [2.05, 4.69) is 30.9 Å². The Kier molecular flexibility index (Phi) is 8.81. The minimum atomic E-state index is -0.208. The van der Waals surface area contributed by atoms with Crippen LogP contribution < -0.4 is 16.0 Å². The first-order valence-electron chi connectivity index (χ1n) is 12.1. The lowest BCUT2D eigenvalue weighted by molar-refractivity contribution is -0.111. The Morgan fingerprint density at radius 1 is 1.11 bits per heavy atom. The molecule has 9 nitrogen and oxygen atoms in total. The maximum absolute atomic E-state index is 12.8. The van der Waals surface area contributed by atoms with Gasteiger partial charge in [-0.1, -0.05) is 17.7 Å². The van der Waals surface area contributed by atoms with Crippen molar-refractivity contribution in [3.63, 3.8) is 0 Å². The quantitative estimate of drug-likeness (QED) is 0.366. The number of anilines is 2. The maximum atomic E-state index is 12.8. The summed E-state index contributed by atoms with van der Waals surface area (Å²) in [4.78, 5) is 39.7. The molecule has 2 amide bonds. The van der Waals surface area contributed by atoms with Crippen molar-refractivity contribution in [3.05, 3.63) is 77.7 Å². The van der Waals surface area contributed by atoms with Crippen molar-refractivity contribution in [2.24, 2.45) is 0 Å². The van der Waals surface area contributed by atoms with Crippen LogP contribution >= 0.6 is 11.6 Å². The average Bonchev–Trinajstić information content (AvgIpc) is 3.32. The number of hydrogen-bond acceptors (Lipinski definition) is 7. The van der Waals surface area contributed by atoms with Gasteiger partial charge in [0.2, 0.25) is 11.9 Å². The highest BCUT2D eigenvalue weighted by molar-refractivity contribution is 6.32. The van der Waals surface area contributed by atoms with Crippen LogP contribution in [0.4, 0.5) is 11.6 Å². The van der Waals surface area contributed by atoms with Gasteiger partial charge in [-0.3, -0.25) is 14.6 Å². The van der Waals surface area contributed by atoms with Gasteiger partial charge in [0.1, 0.15) is 0 Å². The summed E-state index contributed by atoms with van der Waals surface area (Å²) in [7, 11) is 3.87. The van der Waals surface area contributed by atoms with Gasteiger partial charge < -0.3 is 20.9 Å². The fourth-order valence-corrected chi connectivity index (χ4v) is 4.30. The van der Waals surface area contributed by atoms with Gasteiger partial charge in [-0.15, -0.1) is 0 Å². The Balaban J connectivity index is 1.28. The Morgan fingerprint density at radius 2 is 1.89 bits per heavy atom. The third kappa shape index (κ3) is 7.58. The number of pyridine rings is 1. The Hall–Kier alpha value is -3.82. The molecule has 1 aliphatic carbocycles. The molecular weight excluding hydrogens is 490 g/mol. The SMILES string of the molecule is CN(C)CC=CC(=O)Nc1ccc(C(=O)N[C@H]2CC[C@@H](Nc3ncc(Cl)c(-c4cccnc4)n3)C2)cc1. The highest BCUT2D eigenvalue weighted by Gasteiger charge is 2.27. The minimum Gasteiger partial charge on any atom is -0.351 e. The van der Waals surface area contributed by atoms with Crippen LogP contribution in [0.2, 0.25) is 5.02 Å². The molecule has 0 bridgehead atoms. The second-order valence-corrected chi connectivity index (χ2v) is 9.59. The van der Waals surface area contributed by atoms with E-state index in [0.717, 1.165) is 24.8 Å². The van der Waals surface area contributed by atoms with Crippen LogP contribution in [0.1, 0.15) is 29.6 Å². The van der Waals surface area contributed by atoms with Crippen LogP contribution in [-0.2, 0) is 4.79 Å². The molecular formula is C27H30ClN7O2. The summed E-state index contributed by atoms with van der Waals surface area (Å²) in [5, 5.41) is 9.72. The highest BCUT2D eigenvalue weighted by atomic mass is 35.5. The van der Waals surface area contributed by atoms with E-state index in [1.807, 2.05) is 31.1 Å². The summed E-state index contributed by atoms with van der Waals surface area (Å²) in [6.07, 6.45) is 10.8. The van der Waals surface area contributed by atoms with Gasteiger partial charge in [-0.2, -0.15) is 0 Å². The van der Waals surface area contributed by atoms with Gasteiger partial charge in [-0.25, -0.2) is 9.97 Å². The third-order valence-electron chi connectivity index (χ3n) is 5.93. The molecule has 192 valence electrons. The first kappa shape index (κ1) is 26.2. The van der Waals surface area contributed by atoms with E-state index in [4.69, 9.17) is 11.6 Å². The van der Waals surface area contributed by atoms with Crippen LogP contribution in [0.3, 0.4) is 0 Å². The number of carbonyl (C=O) groups excluding carboxylic acids is 2. The number of hydrogen-bond donors (Lipinski definition) is 3. The molecule has 0 spiro atoms. The number of nitrogens with one attached hydrogen (secondary N) is 3. The van der Waals surface area contributed by atoms with Gasteiger partial charge in [0.15, 0.2) is 0 Å². The van der Waals surface area contributed by atoms with E-state index >= 15 is 0 Å². The second kappa shape index (κ2) is 12.4. The molecule has 3 N–H and O–H groups in total. The van der Waals surface area contributed by atoms with E-state index in [9.17, 15) is 9.59 Å². The van der Waals surface area contributed by atoms with Crippen molar-refractivity contribution in [1.82, 2.24) is 25.2 Å². The average molecular weight is 520 g/mol. The second-order valence-electron chi connectivity index (χ2n) is 9.19. The lowest BCUT2D eigenvalue weighted by Gasteiger charge is -2.15. The number of aromatic nitrogens is 3. The molecule has 1 aromatic carbocycles. The zero-order valence-electron chi connectivity index (χ0n) is 20.8. The summed E-state index contributed by atoms with van der Waals surface area (Å²) >= 11 is 6.30. The summed E-state index contributed by atoms with van der Waals surface area (Å²) in [6.45, 7) is 0.684. The molecule has 37 heavy (non-hydrogen) atoms. The first-order chi connectivity index (χ1) is 17.9. The van der Waals surface area contributed by atoms with Gasteiger partial charge in [-0.05, 0) is 69.8 Å². The largest absolute Gasteiger partial charge is 0.351 e. The molecule has 0 radical (unpaired) electrons. The maximum Gasteiger partial charge on any atom is 0.251 e. The van der Waals surface area contributed by atoms with E-state index in [0.29, 0.717) is 34.5 Å². The number of rotatable bonds is 9. The molecule has 2 atom stereocenters. The monoisotopic (exact) mass is 519 g/mol. The van der Waals surface area contributed by atoms with Crippen molar-refractivity contribution in [1.29, 1.82) is 0 Å². The van der Waals surface area contributed by atoms with Crippen LogP contribution in [0.5, 0.6) is 0 Å². The fraction of sp³-hybridized carbons (Fsp3) is 0.296. The van der Waals surface area contributed by atoms with Crippen LogP contribution in [0, 0.1) is 0 Å². The zero-order valence-corrected chi connectivity index (χ0v) is 21.6. The normalized spacial score (nSPS) is 17.2. The van der Waals surface area contributed by atoms with Gasteiger partial charge in [0, 0.05) is 53.9 Å². The summed E-state index contributed by atoms with van der Waals surface area (Å²) in [5.74, 6) is 0.145. The highest BCUT2D eigenvalue weighted by Crippen LogP contribution is 2.27. The molecule has 10 heteroatoms. The van der Waals surface area contributed by atoms with Crippen molar-refractivity contribution < 1.29 is 9.59 Å². The number of amides is 2. The number of likely N-dealkylation sites (N-methyl/N-ethyl adjacent to an activating group) is 1. The standard InChI is InChI=1S/C27H30ClN7O2/c1-35(2)14-4-6-24(36)31-20-9-7-18(8-10-20)26(37)32-21-11-12-22(15-21)33-27-30-17-23(28)25(34-27)19-5-3-13-29-16-19/h3-10,13,16-17,21-22H,11-12,14-15H2,1-2H3,(H,31,36)(H,32,37)(H,30,33,34)/t21-,22+/m0/s1. The van der Waals surface area contributed by atoms with Crippen molar-refractivity contribution in [2.45, 2.75) is 31.3 Å². The summed E-state index contributed by atoms with van der Waals surface area (Å²) in [6, 6.07) is 10.8. The number of nitrogens with zero attached hydrogens (tertiary/aromatic N) is 4. The molecule has 4 rings (SSSR count). The fourth-order valence-electron chi connectivity index (χ4n) is 4.10. The van der Waals surface area contributed by atoms with E-state index in [1.54, 1.807) is 48.9 Å². The lowest BCUT2D eigenvalue weighted by atomic mass is 10.1. The van der Waals surface area contributed by atoms with Crippen LogP contribution in [0.15, 0.2) is 67.1 Å². The number of carbonyl (C=O) groups is 2. The summed E-state index contributed by atoms with van der Waals surface area (Å²) in [5.41, 5.74) is 2.62. The molecule has 0 unspecified atom stereocenters. The Labute approximate surface area is 221 Å². The third-order valence-corrected chi connectivity index (χ3v) is 6.21. The number of benzene rings is 1. The minimum absolute atomic E-state index is 0.0382. The van der Waals surface area contributed by atoms with Gasteiger partial charge >= 0.3 is 0 Å². The summed E-state index contributed by atoms with van der Waals surface area (Å²) < 4.78 is 0. The van der Waals surface area contributed by atoms with Gasteiger partial charge in [0.05, 0.1) is 16.9 Å². The topological polar surface area (TPSA) is 112 Å². The predicted molar refractivity (Wildman–Crippen MR) is 146 cm³/mol.